The van der Waals surface area contributed by atoms with Crippen LogP contribution in [0.2, 0.25) is 5.02 Å². The van der Waals surface area contributed by atoms with E-state index in [0.717, 1.165) is 0 Å². The van der Waals surface area contributed by atoms with Crippen molar-refractivity contribution < 1.29 is 18.7 Å². The highest BCUT2D eigenvalue weighted by molar-refractivity contribution is 6.31. The number of benzene rings is 2. The van der Waals surface area contributed by atoms with E-state index in [4.69, 9.17) is 16.3 Å². The Morgan fingerprint density at radius 2 is 2.04 bits per heavy atom. The first kappa shape index (κ1) is 18.2. The first-order valence-corrected chi connectivity index (χ1v) is 8.54. The summed E-state index contributed by atoms with van der Waals surface area (Å²) in [5, 5.41) is 3.19. The zero-order valence-corrected chi connectivity index (χ0v) is 14.9. The molecule has 3 rings (SSSR count). The number of ether oxygens (including phenoxy) is 1. The van der Waals surface area contributed by atoms with Crippen LogP contribution < -0.4 is 15.0 Å². The monoisotopic (exact) mass is 376 g/mol. The number of hydrogen-bond acceptors (Lipinski definition) is 3. The zero-order valence-electron chi connectivity index (χ0n) is 14.2. The van der Waals surface area contributed by atoms with Crippen LogP contribution in [-0.2, 0) is 16.0 Å². The molecule has 0 spiro atoms. The van der Waals surface area contributed by atoms with Crippen molar-refractivity contribution in [1.29, 1.82) is 0 Å². The number of nitrogens with one attached hydrogen (secondary N) is 1. The summed E-state index contributed by atoms with van der Waals surface area (Å²) in [5.41, 5.74) is 1.28. The number of rotatable bonds is 5. The smallest absolute Gasteiger partial charge is 0.249 e. The van der Waals surface area contributed by atoms with Gasteiger partial charge in [-0.1, -0.05) is 17.7 Å². The van der Waals surface area contributed by atoms with Gasteiger partial charge in [-0.05, 0) is 48.4 Å². The van der Waals surface area contributed by atoms with E-state index in [1.54, 1.807) is 35.2 Å². The molecule has 7 heteroatoms. The fraction of sp³-hybridized carbons (Fsp3) is 0.263. The third kappa shape index (κ3) is 3.96. The van der Waals surface area contributed by atoms with Crippen LogP contribution >= 0.6 is 11.6 Å². The van der Waals surface area contributed by atoms with Crippen LogP contribution in [0.3, 0.4) is 0 Å². The number of carbonyl (C=O) groups excluding carboxylic acids is 2. The lowest BCUT2D eigenvalue weighted by Crippen LogP contribution is -2.42. The summed E-state index contributed by atoms with van der Waals surface area (Å²) in [4.78, 5) is 26.3. The van der Waals surface area contributed by atoms with Crippen molar-refractivity contribution in [2.75, 3.05) is 18.6 Å². The van der Waals surface area contributed by atoms with E-state index in [0.29, 0.717) is 35.0 Å². The van der Waals surface area contributed by atoms with Crippen LogP contribution in [0.5, 0.6) is 5.75 Å². The molecular weight excluding hydrogens is 359 g/mol. The van der Waals surface area contributed by atoms with Gasteiger partial charge >= 0.3 is 0 Å². The van der Waals surface area contributed by atoms with Gasteiger partial charge in [0.1, 0.15) is 17.6 Å². The van der Waals surface area contributed by atoms with Gasteiger partial charge in [-0.2, -0.15) is 0 Å². The van der Waals surface area contributed by atoms with Crippen molar-refractivity contribution in [2.45, 2.75) is 18.9 Å². The first-order valence-electron chi connectivity index (χ1n) is 8.16. The summed E-state index contributed by atoms with van der Waals surface area (Å²) < 4.78 is 18.1. The summed E-state index contributed by atoms with van der Waals surface area (Å²) >= 11 is 6.15. The Labute approximate surface area is 155 Å². The molecule has 0 aliphatic carbocycles. The molecular formula is C19H18ClFN2O3. The van der Waals surface area contributed by atoms with Crippen molar-refractivity contribution in [2.24, 2.45) is 0 Å². The SMILES string of the molecule is COc1ccc(CC(=O)N[C@@H]2CCN(c3ccc(F)cc3)C2=O)c(Cl)c1. The maximum atomic E-state index is 13.0. The van der Waals surface area contributed by atoms with Crippen LogP contribution in [0.15, 0.2) is 42.5 Å². The van der Waals surface area contributed by atoms with E-state index < -0.39 is 6.04 Å². The van der Waals surface area contributed by atoms with Gasteiger partial charge in [0, 0.05) is 17.3 Å². The van der Waals surface area contributed by atoms with Crippen molar-refractivity contribution >= 4 is 29.1 Å². The Hall–Kier alpha value is -2.60. The molecule has 1 aliphatic heterocycles. The molecule has 136 valence electrons. The second kappa shape index (κ2) is 7.74. The molecule has 0 radical (unpaired) electrons. The van der Waals surface area contributed by atoms with Crippen molar-refractivity contribution in [3.8, 4) is 5.75 Å². The average molecular weight is 377 g/mol. The topological polar surface area (TPSA) is 58.6 Å². The number of amides is 2. The lowest BCUT2D eigenvalue weighted by molar-refractivity contribution is -0.126. The van der Waals surface area contributed by atoms with Crippen LogP contribution in [0, 0.1) is 5.82 Å². The van der Waals surface area contributed by atoms with Gasteiger partial charge in [-0.15, -0.1) is 0 Å². The molecule has 26 heavy (non-hydrogen) atoms. The molecule has 1 N–H and O–H groups in total. The molecule has 5 nitrogen and oxygen atoms in total. The Balaban J connectivity index is 1.61. The highest BCUT2D eigenvalue weighted by Crippen LogP contribution is 2.24. The molecule has 0 aromatic heterocycles. The van der Waals surface area contributed by atoms with Crippen LogP contribution in [0.1, 0.15) is 12.0 Å². The molecule has 0 unspecified atom stereocenters. The minimum atomic E-state index is -0.593. The molecule has 1 heterocycles. The minimum Gasteiger partial charge on any atom is -0.497 e. The van der Waals surface area contributed by atoms with Gasteiger partial charge in [0.05, 0.1) is 13.5 Å². The van der Waals surface area contributed by atoms with Gasteiger partial charge in [-0.3, -0.25) is 9.59 Å². The first-order chi connectivity index (χ1) is 12.5. The number of methoxy groups -OCH3 is 1. The van der Waals surface area contributed by atoms with E-state index in [9.17, 15) is 14.0 Å². The van der Waals surface area contributed by atoms with Crippen molar-refractivity contribution in [1.82, 2.24) is 5.32 Å². The molecule has 0 bridgehead atoms. The Bertz CT molecular complexity index is 826. The van der Waals surface area contributed by atoms with E-state index in [-0.39, 0.29) is 24.1 Å². The van der Waals surface area contributed by atoms with E-state index in [2.05, 4.69) is 5.32 Å². The largest absolute Gasteiger partial charge is 0.497 e. The molecule has 1 fully saturated rings. The maximum absolute atomic E-state index is 13.0. The Morgan fingerprint density at radius 3 is 2.69 bits per heavy atom. The van der Waals surface area contributed by atoms with Gasteiger partial charge in [0.2, 0.25) is 11.8 Å². The molecule has 1 aliphatic rings. The van der Waals surface area contributed by atoms with Crippen molar-refractivity contribution in [3.63, 3.8) is 0 Å². The van der Waals surface area contributed by atoms with Gasteiger partial charge in [0.15, 0.2) is 0 Å². The molecule has 2 aromatic carbocycles. The Kier molecular flexibility index (Phi) is 5.42. The Morgan fingerprint density at radius 1 is 1.31 bits per heavy atom. The van der Waals surface area contributed by atoms with E-state index >= 15 is 0 Å². The minimum absolute atomic E-state index is 0.0726. The quantitative estimate of drug-likeness (QED) is 0.872. The summed E-state index contributed by atoms with van der Waals surface area (Å²) in [6.45, 7) is 0.471. The van der Waals surface area contributed by atoms with Gasteiger partial charge in [-0.25, -0.2) is 4.39 Å². The van der Waals surface area contributed by atoms with Crippen LogP contribution in [-0.4, -0.2) is 31.5 Å². The summed E-state index contributed by atoms with van der Waals surface area (Å²) in [6.07, 6.45) is 0.571. The lowest BCUT2D eigenvalue weighted by atomic mass is 10.1. The second-order valence-electron chi connectivity index (χ2n) is 6.01. The summed E-state index contributed by atoms with van der Waals surface area (Å²) in [5.74, 6) is -0.233. The van der Waals surface area contributed by atoms with Gasteiger partial charge < -0.3 is 15.0 Å². The third-order valence-electron chi connectivity index (χ3n) is 4.29. The van der Waals surface area contributed by atoms with Crippen LogP contribution in [0.4, 0.5) is 10.1 Å². The number of hydrogen-bond donors (Lipinski definition) is 1. The second-order valence-corrected chi connectivity index (χ2v) is 6.42. The van der Waals surface area contributed by atoms with Crippen molar-refractivity contribution in [3.05, 3.63) is 58.9 Å². The number of nitrogens with zero attached hydrogens (tertiary/aromatic N) is 1. The third-order valence-corrected chi connectivity index (χ3v) is 4.64. The summed E-state index contributed by atoms with van der Waals surface area (Å²) in [6, 6.07) is 10.2. The predicted octanol–water partition coefficient (Wildman–Crippen LogP) is 2.95. The molecule has 2 amide bonds. The highest BCUT2D eigenvalue weighted by atomic mass is 35.5. The average Bonchev–Trinajstić information content (AvgIpc) is 2.98. The fourth-order valence-corrected chi connectivity index (χ4v) is 3.15. The standard InChI is InChI=1S/C19H18ClFN2O3/c1-26-15-7-2-12(16(20)11-15)10-18(24)22-17-8-9-23(19(17)25)14-5-3-13(21)4-6-14/h2-7,11,17H,8-10H2,1H3,(H,22,24)/t17-/m1/s1. The fourth-order valence-electron chi connectivity index (χ4n) is 2.91. The van der Waals surface area contributed by atoms with E-state index in [1.807, 2.05) is 0 Å². The maximum Gasteiger partial charge on any atom is 0.249 e. The van der Waals surface area contributed by atoms with Crippen LogP contribution in [0.25, 0.3) is 0 Å². The molecule has 0 saturated carbocycles. The lowest BCUT2D eigenvalue weighted by Gasteiger charge is -2.17. The summed E-state index contributed by atoms with van der Waals surface area (Å²) in [7, 11) is 1.54. The van der Waals surface area contributed by atoms with Gasteiger partial charge in [0.25, 0.3) is 0 Å². The number of carbonyl (C=O) groups is 2. The zero-order chi connectivity index (χ0) is 18.7. The molecule has 2 aromatic rings. The van der Waals surface area contributed by atoms with E-state index in [1.165, 1.54) is 19.2 Å². The molecule has 1 atom stereocenters. The highest BCUT2D eigenvalue weighted by Gasteiger charge is 2.33. The number of anilines is 1. The molecule has 1 saturated heterocycles. The normalized spacial score (nSPS) is 16.7. The number of halogens is 2. The predicted molar refractivity (Wildman–Crippen MR) is 97.0 cm³/mol.